The Morgan fingerprint density at radius 1 is 1.35 bits per heavy atom. The normalized spacial score (nSPS) is 18.0. The van der Waals surface area contributed by atoms with E-state index in [-0.39, 0.29) is 11.7 Å². The van der Waals surface area contributed by atoms with Crippen LogP contribution in [0.5, 0.6) is 0 Å². The van der Waals surface area contributed by atoms with Crippen LogP contribution in [0, 0.1) is 5.92 Å². The molecule has 0 saturated heterocycles. The zero-order valence-electron chi connectivity index (χ0n) is 11.2. The van der Waals surface area contributed by atoms with Crippen molar-refractivity contribution < 1.29 is 14.3 Å². The van der Waals surface area contributed by atoms with Crippen molar-refractivity contribution in [1.29, 1.82) is 0 Å². The minimum Gasteiger partial charge on any atom is -0.443 e. The van der Waals surface area contributed by atoms with Crippen LogP contribution < -0.4 is 11.5 Å². The van der Waals surface area contributed by atoms with Crippen LogP contribution in [-0.2, 0) is 14.3 Å². The summed E-state index contributed by atoms with van der Waals surface area (Å²) in [6.45, 7) is 7.29. The third-order valence-electron chi connectivity index (χ3n) is 2.88. The van der Waals surface area contributed by atoms with Gasteiger partial charge in [-0.15, -0.1) is 0 Å². The summed E-state index contributed by atoms with van der Waals surface area (Å²) < 4.78 is 4.98. The first-order valence-electron chi connectivity index (χ1n) is 6.03. The third kappa shape index (κ3) is 5.79. The number of rotatable bonds is 7. The maximum absolute atomic E-state index is 11.7. The van der Waals surface area contributed by atoms with Gasteiger partial charge in [0.2, 0.25) is 0 Å². The molecule has 4 N–H and O–H groups in total. The molecule has 3 atom stereocenters. The third-order valence-corrected chi connectivity index (χ3v) is 2.88. The zero-order valence-corrected chi connectivity index (χ0v) is 11.2. The number of carbonyl (C=O) groups is 2. The van der Waals surface area contributed by atoms with Crippen molar-refractivity contribution in [2.45, 2.75) is 58.7 Å². The van der Waals surface area contributed by atoms with E-state index in [1.165, 1.54) is 0 Å². The van der Waals surface area contributed by atoms with E-state index in [4.69, 9.17) is 16.2 Å². The van der Waals surface area contributed by atoms with E-state index in [1.54, 1.807) is 13.8 Å². The number of carbonyl (C=O) groups excluding carboxylic acids is 2. The van der Waals surface area contributed by atoms with Crippen molar-refractivity contribution in [2.24, 2.45) is 17.4 Å². The topological polar surface area (TPSA) is 95.4 Å². The Labute approximate surface area is 103 Å². The monoisotopic (exact) mass is 244 g/mol. The Kier molecular flexibility index (Phi) is 6.34. The molecule has 0 radical (unpaired) electrons. The molecule has 0 saturated carbocycles. The van der Waals surface area contributed by atoms with Crippen molar-refractivity contribution in [3.05, 3.63) is 0 Å². The maximum atomic E-state index is 11.7. The summed E-state index contributed by atoms with van der Waals surface area (Å²) in [7, 11) is 0. The van der Waals surface area contributed by atoms with Crippen LogP contribution in [0.15, 0.2) is 0 Å². The smallest absolute Gasteiger partial charge is 0.332 e. The molecule has 0 aliphatic rings. The molecular weight excluding hydrogens is 220 g/mol. The first-order chi connectivity index (χ1) is 7.73. The molecule has 3 unspecified atom stereocenters. The molecule has 5 nitrogen and oxygen atoms in total. The first-order valence-corrected chi connectivity index (χ1v) is 6.03. The number of hydrogen-bond acceptors (Lipinski definition) is 5. The molecule has 0 aromatic heterocycles. The first kappa shape index (κ1) is 16.1. The highest BCUT2D eigenvalue weighted by Gasteiger charge is 2.29. The Morgan fingerprint density at radius 2 is 1.88 bits per heavy atom. The van der Waals surface area contributed by atoms with E-state index in [1.807, 2.05) is 13.8 Å². The lowest BCUT2D eigenvalue weighted by atomic mass is 9.98. The predicted octanol–water partition coefficient (Wildman–Crippen LogP) is 0.947. The Morgan fingerprint density at radius 3 is 2.29 bits per heavy atom. The number of hydrogen-bond donors (Lipinski definition) is 2. The molecule has 0 amide bonds. The van der Waals surface area contributed by atoms with Gasteiger partial charge >= 0.3 is 5.97 Å². The summed E-state index contributed by atoms with van der Waals surface area (Å²) in [4.78, 5) is 23.2. The van der Waals surface area contributed by atoms with Gasteiger partial charge in [-0.3, -0.25) is 10.5 Å². The van der Waals surface area contributed by atoms with Gasteiger partial charge in [0.1, 0.15) is 0 Å². The van der Waals surface area contributed by atoms with E-state index in [9.17, 15) is 9.59 Å². The lowest BCUT2D eigenvalue weighted by molar-refractivity contribution is -0.161. The van der Waals surface area contributed by atoms with Crippen molar-refractivity contribution >= 4 is 11.8 Å². The van der Waals surface area contributed by atoms with Crippen molar-refractivity contribution in [1.82, 2.24) is 0 Å². The Bertz CT molecular complexity index is 277. The molecule has 0 spiro atoms. The molecule has 100 valence electrons. The lowest BCUT2D eigenvalue weighted by Gasteiger charge is -2.24. The summed E-state index contributed by atoms with van der Waals surface area (Å²) in [5, 5.41) is 0. The quantitative estimate of drug-likeness (QED) is 0.395. The fourth-order valence-corrected chi connectivity index (χ4v) is 1.11. The Hall–Kier alpha value is -0.940. The second kappa shape index (κ2) is 6.71. The number of ether oxygens (including phenoxy) is 1. The minimum atomic E-state index is -1.22. The highest BCUT2D eigenvalue weighted by molar-refractivity contribution is 6.03. The van der Waals surface area contributed by atoms with Gasteiger partial charge < -0.3 is 10.5 Å². The van der Waals surface area contributed by atoms with Gasteiger partial charge in [-0.1, -0.05) is 27.2 Å². The maximum Gasteiger partial charge on any atom is 0.332 e. The second-order valence-corrected chi connectivity index (χ2v) is 4.75. The summed E-state index contributed by atoms with van der Waals surface area (Å²) in [5.41, 5.74) is 10.2. The van der Waals surface area contributed by atoms with Crippen LogP contribution in [0.1, 0.15) is 47.0 Å². The summed E-state index contributed by atoms with van der Waals surface area (Å²) in [6, 6.07) is -1.22. The largest absolute Gasteiger partial charge is 0.443 e. The van der Waals surface area contributed by atoms with Gasteiger partial charge in [-0.2, -0.15) is 0 Å². The number of Topliss-reactive ketones (excluding diaryl/α,β-unsaturated/α-hetero) is 1. The number of ketones is 1. The second-order valence-electron chi connectivity index (χ2n) is 4.75. The molecule has 0 aromatic carbocycles. The molecule has 0 bridgehead atoms. The van der Waals surface area contributed by atoms with Crippen molar-refractivity contribution in [3.8, 4) is 0 Å². The molecule has 0 aromatic rings. The van der Waals surface area contributed by atoms with E-state index in [2.05, 4.69) is 0 Å². The highest BCUT2D eigenvalue weighted by atomic mass is 16.6. The molecule has 17 heavy (non-hydrogen) atoms. The van der Waals surface area contributed by atoms with Crippen LogP contribution in [0.4, 0.5) is 0 Å². The average Bonchev–Trinajstić information content (AvgIpc) is 2.27. The fourth-order valence-electron chi connectivity index (χ4n) is 1.11. The molecular formula is C12H24N2O3. The molecule has 0 heterocycles. The molecule has 0 fully saturated rings. The van der Waals surface area contributed by atoms with Gasteiger partial charge in [0.15, 0.2) is 17.6 Å². The van der Waals surface area contributed by atoms with Gasteiger partial charge in [-0.25, -0.2) is 4.79 Å². The van der Waals surface area contributed by atoms with Gasteiger partial charge in [0.25, 0.3) is 0 Å². The van der Waals surface area contributed by atoms with Crippen LogP contribution in [-0.4, -0.2) is 23.5 Å². The van der Waals surface area contributed by atoms with Crippen LogP contribution in [0.25, 0.3) is 0 Å². The van der Waals surface area contributed by atoms with Crippen LogP contribution in [0.3, 0.4) is 0 Å². The summed E-state index contributed by atoms with van der Waals surface area (Å²) in [5.74, 6) is -0.821. The average molecular weight is 244 g/mol. The summed E-state index contributed by atoms with van der Waals surface area (Å²) in [6.07, 6.45) is 1.63. The van der Waals surface area contributed by atoms with E-state index >= 15 is 0 Å². The molecule has 5 heteroatoms. The fraction of sp³-hybridized carbons (Fsp3) is 0.833. The standard InChI is InChI=1S/C12H24N2O3/c1-5-8(3)7-9(15)10(13)11(16)17-12(4,14)6-2/h8,10H,5-7,13-14H2,1-4H3. The SMILES string of the molecule is CCC(C)CC(=O)C(N)C(=O)OC(C)(N)CC. The minimum absolute atomic E-state index is 0.219. The number of nitrogens with two attached hydrogens (primary N) is 2. The van der Waals surface area contributed by atoms with Gasteiger partial charge in [0, 0.05) is 6.42 Å². The highest BCUT2D eigenvalue weighted by Crippen LogP contribution is 2.11. The van der Waals surface area contributed by atoms with Gasteiger partial charge in [0.05, 0.1) is 0 Å². The molecule has 0 aliphatic heterocycles. The predicted molar refractivity (Wildman–Crippen MR) is 66.0 cm³/mol. The number of esters is 1. The zero-order chi connectivity index (χ0) is 13.6. The lowest BCUT2D eigenvalue weighted by Crippen LogP contribution is -2.48. The van der Waals surface area contributed by atoms with E-state index in [0.29, 0.717) is 12.8 Å². The van der Waals surface area contributed by atoms with Gasteiger partial charge in [-0.05, 0) is 19.3 Å². The van der Waals surface area contributed by atoms with Crippen molar-refractivity contribution in [2.75, 3.05) is 0 Å². The van der Waals surface area contributed by atoms with Crippen molar-refractivity contribution in [3.63, 3.8) is 0 Å². The van der Waals surface area contributed by atoms with E-state index < -0.39 is 17.7 Å². The molecule has 0 rings (SSSR count). The van der Waals surface area contributed by atoms with E-state index in [0.717, 1.165) is 6.42 Å². The van der Waals surface area contributed by atoms with Crippen LogP contribution in [0.2, 0.25) is 0 Å². The van der Waals surface area contributed by atoms with Crippen LogP contribution >= 0.6 is 0 Å². The molecule has 0 aliphatic carbocycles. The Balaban J connectivity index is 4.35. The summed E-state index contributed by atoms with van der Waals surface area (Å²) >= 11 is 0.